The Balaban J connectivity index is -0.000000680. The Labute approximate surface area is 786 Å². The zero-order valence-corrected chi connectivity index (χ0v) is 86.1. The molecule has 0 aromatic carbocycles. The van der Waals surface area contributed by atoms with Gasteiger partial charge in [-0.1, -0.05) is 27.7 Å². The topological polar surface area (TPSA) is 352 Å². The van der Waals surface area contributed by atoms with Crippen LogP contribution in [0.3, 0.4) is 0 Å². The maximum Gasteiger partial charge on any atom is 2.00 e. The molecule has 125 heavy (non-hydrogen) atoms. The number of aliphatic carboxylic acids is 1. The number of nitrogens with one attached hydrogen (secondary N) is 1. The van der Waals surface area contributed by atoms with Crippen LogP contribution >= 0.6 is 23.2 Å². The average Bonchev–Trinajstić information content (AvgIpc) is 1.68. The van der Waals surface area contributed by atoms with E-state index in [0.717, 1.165) is 103 Å². The molecule has 0 bridgehead atoms. The number of Topliss-reactive ketones (excluding diaryl/α,β-unsaturated/α-hetero) is 1. The van der Waals surface area contributed by atoms with Crippen LogP contribution in [-0.4, -0.2) is 289 Å². The zero-order valence-electron chi connectivity index (χ0n) is 81.6. The number of aliphatic hydroxyl groups is 1. The second-order valence-corrected chi connectivity index (χ2v) is 36.2. The van der Waals surface area contributed by atoms with Crippen LogP contribution in [0.1, 0.15) is 291 Å². The number of rotatable bonds is 16. The number of hydrogen-bond donors (Lipinski definition) is 3. The van der Waals surface area contributed by atoms with E-state index < -0.39 is 34.0 Å². The predicted molar refractivity (Wildman–Crippen MR) is 489 cm³/mol. The number of piperidine rings is 6. The Morgan fingerprint density at radius 2 is 0.760 bits per heavy atom. The summed E-state index contributed by atoms with van der Waals surface area (Å²) < 4.78 is 40.0. The molecule has 6 aliphatic rings. The number of carboxylic acids is 1. The van der Waals surface area contributed by atoms with Gasteiger partial charge in [0.2, 0.25) is 5.91 Å². The van der Waals surface area contributed by atoms with Crippen LogP contribution in [0.4, 0.5) is 24.0 Å². The van der Waals surface area contributed by atoms with Gasteiger partial charge in [0.15, 0.2) is 5.78 Å². The maximum absolute atomic E-state index is 12.1. The van der Waals surface area contributed by atoms with Crippen molar-refractivity contribution in [2.45, 2.75) is 322 Å². The number of alkyl halides is 2. The second kappa shape index (κ2) is 64.5. The number of carbonyl (C=O) groups excluding carboxylic acids is 9. The van der Waals surface area contributed by atoms with Crippen molar-refractivity contribution in [3.05, 3.63) is 54.2 Å². The van der Waals surface area contributed by atoms with Crippen molar-refractivity contribution < 1.29 is 113 Å². The zero-order chi connectivity index (χ0) is 93.5. The standard InChI is InChI=1S/C17H29N3O2.C15H25NO4.C13H24N2O4.C12H21N3.C12H21NO3.C11H19NO4.C4H8O2.C4H10O.CH2Cl2.CH3.BrH.Mg/c1-6-14-12-15(20(7-2)18-14)13-8-10-19(11-9-13)16(21)22-17(3,4)5;1-5-12(17)10-13(18)11-6-8-16(9-7-11)14(19)20-15(2,3)4;1-13(2,3)19-12(17)15-8-6-10(7-9-15)11(16)14(4)18-5;1-3-11-9-12(15(4-2)14-11)10-5-7-13-8-6-10;1-9(14)10-5-7-13(8-6-10)11(15)16-12(2,3)4;1-11(2,3)16-10(15)12-6-4-8(5-7-12)9(13)14;1-3-4(5)6-2;1-3-5-4-2;2-1-3;;;/h12-13H,6-11H2,1-5H3;10-11,18H,5-9H2,1-4H3;10H,6-9H2,1-5H3;9-10,13H,3-8H2,1-2H3;10H,5-8H2,1-4H3;8H,4-7H2,1-3H3,(H,13,14);3H2,1-2H3;3-4H2,1-2H3;1H2;1H3;1H;/q;;;;;;;;;-1;;+2/p-1. The summed E-state index contributed by atoms with van der Waals surface area (Å²) in [6, 6.07) is 4.54. The van der Waals surface area contributed by atoms with Crippen LogP contribution in [0.5, 0.6) is 0 Å². The van der Waals surface area contributed by atoms with Gasteiger partial charge < -0.3 is 97.6 Å². The minimum Gasteiger partial charge on any atom is -1.00 e. The van der Waals surface area contributed by atoms with Gasteiger partial charge >= 0.3 is 65.5 Å². The number of hydroxylamine groups is 2. The van der Waals surface area contributed by atoms with Crippen LogP contribution in [0, 0.1) is 31.1 Å². The fraction of sp³-hybridized carbons (Fsp3) is 0.789. The number of aliphatic hydroxyl groups excluding tert-OH is 1. The van der Waals surface area contributed by atoms with E-state index in [0.29, 0.717) is 110 Å². The summed E-state index contributed by atoms with van der Waals surface area (Å²) in [7, 11) is 4.45. The Kier molecular flexibility index (Phi) is 64.5. The molecule has 2 aromatic heterocycles. The third-order valence-corrected chi connectivity index (χ3v) is 19.8. The fourth-order valence-electron chi connectivity index (χ4n) is 13.1. The van der Waals surface area contributed by atoms with Crippen LogP contribution < -0.4 is 22.3 Å². The molecule has 720 valence electrons. The van der Waals surface area contributed by atoms with E-state index in [4.69, 9.17) is 61.6 Å². The number of aromatic nitrogens is 4. The normalized spacial score (nSPS) is 16.2. The smallest absolute Gasteiger partial charge is 1.00 e. The summed E-state index contributed by atoms with van der Waals surface area (Å²) in [5.74, 6) is 0.224. The van der Waals surface area contributed by atoms with Crippen molar-refractivity contribution in [1.82, 2.24) is 54.4 Å². The molecule has 0 spiro atoms. The van der Waals surface area contributed by atoms with E-state index in [1.807, 2.05) is 123 Å². The second-order valence-electron chi connectivity index (χ2n) is 35.4. The summed E-state index contributed by atoms with van der Waals surface area (Å²) >= 11 is 9.53. The molecule has 0 saturated carbocycles. The van der Waals surface area contributed by atoms with Gasteiger partial charge in [0.05, 0.1) is 42.6 Å². The number of aryl methyl sites for hydroxylation is 4. The van der Waals surface area contributed by atoms with Gasteiger partial charge in [-0.15, -0.1) is 23.2 Å². The Morgan fingerprint density at radius 1 is 0.472 bits per heavy atom. The van der Waals surface area contributed by atoms with Crippen LogP contribution in [0.25, 0.3) is 0 Å². The molecule has 0 atom stereocenters. The van der Waals surface area contributed by atoms with Crippen molar-refractivity contribution in [2.75, 3.05) is 118 Å². The number of ether oxygens (including phenoxy) is 7. The Bertz CT molecular complexity index is 3350. The molecule has 31 nitrogen and oxygen atoms in total. The average molecular weight is 1890 g/mol. The number of allylic oxidation sites excluding steroid dienone is 2. The summed E-state index contributed by atoms with van der Waals surface area (Å²) in [5.41, 5.74) is 2.82. The van der Waals surface area contributed by atoms with Crippen LogP contribution in [0.15, 0.2) is 24.0 Å². The summed E-state index contributed by atoms with van der Waals surface area (Å²) in [6.45, 7) is 57.3. The van der Waals surface area contributed by atoms with Crippen molar-refractivity contribution in [1.29, 1.82) is 0 Å². The number of amides is 6. The third kappa shape index (κ3) is 54.1. The molecule has 0 aliphatic carbocycles. The number of nitrogens with zero attached hydrogens (tertiary/aromatic N) is 10. The number of carbonyl (C=O) groups is 10. The molecule has 0 radical (unpaired) electrons. The third-order valence-electron chi connectivity index (χ3n) is 19.8. The summed E-state index contributed by atoms with van der Waals surface area (Å²) in [5, 5.41) is 32.8. The molecule has 8 rings (SSSR count). The van der Waals surface area contributed by atoms with Crippen molar-refractivity contribution in [3.8, 4) is 0 Å². The molecule has 3 N–H and O–H groups in total. The number of halogens is 3. The van der Waals surface area contributed by atoms with Gasteiger partial charge in [-0.05, 0) is 254 Å². The maximum atomic E-state index is 12.1. The van der Waals surface area contributed by atoms with E-state index in [1.54, 1.807) is 47.4 Å². The number of methoxy groups -OCH3 is 1. The van der Waals surface area contributed by atoms with E-state index in [2.05, 4.69) is 69.4 Å². The first kappa shape index (κ1) is 125. The Morgan fingerprint density at radius 3 is 0.992 bits per heavy atom. The molecule has 6 amide bonds. The van der Waals surface area contributed by atoms with Crippen LogP contribution in [-0.2, 0) is 87.9 Å². The van der Waals surface area contributed by atoms with Gasteiger partial charge in [-0.25, -0.2) is 29.0 Å². The van der Waals surface area contributed by atoms with Gasteiger partial charge in [0, 0.05) is 159 Å². The van der Waals surface area contributed by atoms with E-state index in [-0.39, 0.29) is 136 Å². The quantitative estimate of drug-likeness (QED) is 0.0205. The Hall–Kier alpha value is -6.23. The van der Waals surface area contributed by atoms with Gasteiger partial charge in [0.1, 0.15) is 33.8 Å². The number of carboxylic acid groups (broad SMARTS) is 1. The molecule has 6 saturated heterocycles. The molecule has 2 aromatic rings. The molecule has 6 aliphatic heterocycles. The van der Waals surface area contributed by atoms with Crippen LogP contribution in [0.2, 0.25) is 0 Å². The van der Waals surface area contributed by atoms with Crippen molar-refractivity contribution >= 4 is 106 Å². The van der Waals surface area contributed by atoms with E-state index >= 15 is 0 Å². The summed E-state index contributed by atoms with van der Waals surface area (Å²) in [6.07, 6.45) is 12.4. The van der Waals surface area contributed by atoms with E-state index in [1.165, 1.54) is 55.3 Å². The molecular formula is C90H162BrCl2MgN11O20. The first-order chi connectivity index (χ1) is 56.9. The minimum absolute atomic E-state index is 0. The molecule has 6 fully saturated rings. The molecular weight excluding hydrogens is 1730 g/mol. The van der Waals surface area contributed by atoms with E-state index in [9.17, 15) is 53.1 Å². The number of esters is 1. The molecule has 8 heterocycles. The number of hydrogen-bond acceptors (Lipinski definition) is 22. The van der Waals surface area contributed by atoms with Gasteiger partial charge in [-0.2, -0.15) is 10.2 Å². The first-order valence-electron chi connectivity index (χ1n) is 43.9. The molecule has 0 unspecified atom stereocenters. The predicted octanol–water partition coefficient (Wildman–Crippen LogP) is 14.3. The van der Waals surface area contributed by atoms with Gasteiger partial charge in [-0.3, -0.25) is 38.2 Å². The first-order valence-corrected chi connectivity index (χ1v) is 44.9. The largest absolute Gasteiger partial charge is 2.00 e. The monoisotopic (exact) mass is 1890 g/mol. The minimum atomic E-state index is -0.774. The number of ketones is 2. The SMILES string of the molecule is CC(=O)C1CCN(C(=O)OC(C)(C)C)CC1.CC(C)(C)OC(=O)N1CCC(C(=O)O)CC1.CCC(=O)C=C(O)C1CCN(C(=O)OC(C)(C)C)CC1.CCC(=O)OC.CCOCC.CCc1cc(C2CCN(C(=O)OC(C)(C)C)CC2)n(CC)n1.CCc1cc(C2CCNCC2)n(CC)n1.CON(C)C(=O)C1CCN(C(=O)OC(C)(C)C)CC1.ClCCl.[Br-].[CH3-].[Mg+2]. The fourth-order valence-corrected chi connectivity index (χ4v) is 13.1. The number of likely N-dealkylation sites (tertiary alicyclic amines) is 5. The summed E-state index contributed by atoms with van der Waals surface area (Å²) in [4.78, 5) is 128. The molecule has 35 heteroatoms. The van der Waals surface area contributed by atoms with Crippen molar-refractivity contribution in [2.24, 2.45) is 23.7 Å². The van der Waals surface area contributed by atoms with Gasteiger partial charge in [0.25, 0.3) is 0 Å². The van der Waals surface area contributed by atoms with Crippen molar-refractivity contribution in [3.63, 3.8) is 0 Å².